The highest BCUT2D eigenvalue weighted by Gasteiger charge is 2.26. The van der Waals surface area contributed by atoms with E-state index in [1.165, 1.54) is 41.7 Å². The van der Waals surface area contributed by atoms with E-state index in [0.29, 0.717) is 23.7 Å². The molecule has 0 fully saturated rings. The van der Waals surface area contributed by atoms with Crippen molar-refractivity contribution in [2.75, 3.05) is 18.4 Å². The molecule has 0 saturated carbocycles. The lowest BCUT2D eigenvalue weighted by molar-refractivity contribution is -0.123. The summed E-state index contributed by atoms with van der Waals surface area (Å²) < 4.78 is 32.2. The molecular formula is C20H24ClN3O5S. The standard InChI is InChI=1S/C20H24ClN3O5S/c1-5-24(6-2)30(27,28)17-11-15(8-7-13(17)3)20(26)29-14(4)19(25)23-18-10-9-16(21)12-22-18/h7-12,14H,5-6H2,1-4H3,(H,22,23,25)/t14-/m0/s1. The second kappa shape index (κ2) is 10.0. The van der Waals surface area contributed by atoms with Gasteiger partial charge in [-0.2, -0.15) is 4.31 Å². The van der Waals surface area contributed by atoms with E-state index < -0.39 is 28.0 Å². The lowest BCUT2D eigenvalue weighted by Gasteiger charge is -2.20. The number of anilines is 1. The van der Waals surface area contributed by atoms with Gasteiger partial charge in [-0.1, -0.05) is 31.5 Å². The third kappa shape index (κ3) is 5.56. The molecule has 0 aliphatic rings. The third-order valence-electron chi connectivity index (χ3n) is 4.38. The minimum Gasteiger partial charge on any atom is -0.449 e. The minimum absolute atomic E-state index is 0.0307. The molecule has 8 nitrogen and oxygen atoms in total. The Morgan fingerprint density at radius 1 is 1.20 bits per heavy atom. The Kier molecular flexibility index (Phi) is 7.94. The molecule has 0 bridgehead atoms. The Hall–Kier alpha value is -2.49. The molecule has 1 heterocycles. The molecule has 0 aliphatic heterocycles. The van der Waals surface area contributed by atoms with Gasteiger partial charge in [-0.15, -0.1) is 0 Å². The van der Waals surface area contributed by atoms with Gasteiger partial charge in [0.1, 0.15) is 5.82 Å². The van der Waals surface area contributed by atoms with Crippen LogP contribution in [0.5, 0.6) is 0 Å². The summed E-state index contributed by atoms with van der Waals surface area (Å²) in [6.45, 7) is 7.16. The van der Waals surface area contributed by atoms with Gasteiger partial charge in [0.25, 0.3) is 5.91 Å². The van der Waals surface area contributed by atoms with Crippen molar-refractivity contribution >= 4 is 39.3 Å². The zero-order valence-electron chi connectivity index (χ0n) is 17.2. The number of esters is 1. The van der Waals surface area contributed by atoms with Crippen LogP contribution in [0.3, 0.4) is 0 Å². The van der Waals surface area contributed by atoms with E-state index >= 15 is 0 Å². The molecule has 1 N–H and O–H groups in total. The van der Waals surface area contributed by atoms with E-state index in [-0.39, 0.29) is 16.3 Å². The van der Waals surface area contributed by atoms with Gasteiger partial charge in [0.15, 0.2) is 6.10 Å². The number of aryl methyl sites for hydroxylation is 1. The van der Waals surface area contributed by atoms with Gasteiger partial charge in [0.05, 0.1) is 15.5 Å². The summed E-state index contributed by atoms with van der Waals surface area (Å²) in [7, 11) is -3.75. The number of benzene rings is 1. The van der Waals surface area contributed by atoms with Gasteiger partial charge >= 0.3 is 5.97 Å². The van der Waals surface area contributed by atoms with Crippen molar-refractivity contribution in [1.29, 1.82) is 0 Å². The summed E-state index contributed by atoms with van der Waals surface area (Å²) in [5.74, 6) is -1.13. The Morgan fingerprint density at radius 3 is 2.43 bits per heavy atom. The SMILES string of the molecule is CCN(CC)S(=O)(=O)c1cc(C(=O)O[C@@H](C)C(=O)Nc2ccc(Cl)cn2)ccc1C. The van der Waals surface area contributed by atoms with Gasteiger partial charge in [-0.3, -0.25) is 4.79 Å². The second-order valence-electron chi connectivity index (χ2n) is 6.47. The van der Waals surface area contributed by atoms with Gasteiger partial charge in [0, 0.05) is 19.3 Å². The number of ether oxygens (including phenoxy) is 1. The summed E-state index contributed by atoms with van der Waals surface area (Å²) in [6, 6.07) is 7.35. The van der Waals surface area contributed by atoms with Crippen LogP contribution < -0.4 is 5.32 Å². The van der Waals surface area contributed by atoms with Crippen molar-refractivity contribution in [3.05, 3.63) is 52.7 Å². The average molecular weight is 454 g/mol. The van der Waals surface area contributed by atoms with E-state index in [0.717, 1.165) is 0 Å². The molecular weight excluding hydrogens is 430 g/mol. The second-order valence-corrected chi connectivity index (χ2v) is 8.81. The highest BCUT2D eigenvalue weighted by atomic mass is 35.5. The van der Waals surface area contributed by atoms with E-state index in [1.807, 2.05) is 0 Å². The lowest BCUT2D eigenvalue weighted by Crippen LogP contribution is -2.32. The van der Waals surface area contributed by atoms with Crippen LogP contribution >= 0.6 is 11.6 Å². The molecule has 2 rings (SSSR count). The first-order chi connectivity index (χ1) is 14.1. The van der Waals surface area contributed by atoms with Crippen LogP contribution in [0.1, 0.15) is 36.7 Å². The fourth-order valence-corrected chi connectivity index (χ4v) is 4.49. The monoisotopic (exact) mass is 453 g/mol. The fourth-order valence-electron chi connectivity index (χ4n) is 2.67. The van der Waals surface area contributed by atoms with Gasteiger partial charge in [-0.25, -0.2) is 18.2 Å². The van der Waals surface area contributed by atoms with Crippen LogP contribution in [0.25, 0.3) is 0 Å². The number of rotatable bonds is 8. The predicted octanol–water partition coefficient (Wildman–Crippen LogP) is 3.26. The number of aromatic nitrogens is 1. The first-order valence-corrected chi connectivity index (χ1v) is 11.2. The Balaban J connectivity index is 2.16. The predicted molar refractivity (Wildman–Crippen MR) is 114 cm³/mol. The number of hydrogen-bond acceptors (Lipinski definition) is 6. The maximum absolute atomic E-state index is 12.8. The van der Waals surface area contributed by atoms with Crippen molar-refractivity contribution < 1.29 is 22.7 Å². The molecule has 0 aliphatic carbocycles. The van der Waals surface area contributed by atoms with Crippen LogP contribution in [0.4, 0.5) is 5.82 Å². The van der Waals surface area contributed by atoms with Crippen molar-refractivity contribution in [2.24, 2.45) is 0 Å². The normalized spacial score (nSPS) is 12.5. The zero-order valence-corrected chi connectivity index (χ0v) is 18.7. The quantitative estimate of drug-likeness (QED) is 0.615. The van der Waals surface area contributed by atoms with Crippen LogP contribution in [0.2, 0.25) is 5.02 Å². The van der Waals surface area contributed by atoms with Crippen LogP contribution in [0, 0.1) is 6.92 Å². The molecule has 1 aromatic carbocycles. The number of hydrogen-bond donors (Lipinski definition) is 1. The summed E-state index contributed by atoms with van der Waals surface area (Å²) in [4.78, 5) is 28.7. The minimum atomic E-state index is -3.75. The molecule has 0 spiro atoms. The Labute approximate surface area is 181 Å². The molecule has 30 heavy (non-hydrogen) atoms. The number of carbonyl (C=O) groups is 2. The number of nitrogens with zero attached hydrogens (tertiary/aromatic N) is 2. The number of halogens is 1. The smallest absolute Gasteiger partial charge is 0.338 e. The first-order valence-electron chi connectivity index (χ1n) is 9.34. The number of nitrogens with one attached hydrogen (secondary N) is 1. The van der Waals surface area contributed by atoms with Gasteiger partial charge < -0.3 is 10.1 Å². The van der Waals surface area contributed by atoms with E-state index in [4.69, 9.17) is 16.3 Å². The van der Waals surface area contributed by atoms with E-state index in [2.05, 4.69) is 10.3 Å². The maximum atomic E-state index is 12.8. The molecule has 0 saturated heterocycles. The highest BCUT2D eigenvalue weighted by Crippen LogP contribution is 2.22. The molecule has 162 valence electrons. The van der Waals surface area contributed by atoms with Crippen molar-refractivity contribution in [2.45, 2.75) is 38.7 Å². The fraction of sp³-hybridized carbons (Fsp3) is 0.350. The van der Waals surface area contributed by atoms with Crippen molar-refractivity contribution in [1.82, 2.24) is 9.29 Å². The molecule has 2 aromatic rings. The molecule has 1 aromatic heterocycles. The van der Waals surface area contributed by atoms with Crippen LogP contribution in [-0.2, 0) is 19.6 Å². The molecule has 0 unspecified atom stereocenters. The maximum Gasteiger partial charge on any atom is 0.338 e. The van der Waals surface area contributed by atoms with Gasteiger partial charge in [0.2, 0.25) is 10.0 Å². The van der Waals surface area contributed by atoms with Crippen LogP contribution in [-0.4, -0.2) is 48.8 Å². The van der Waals surface area contributed by atoms with Gasteiger partial charge in [-0.05, 0) is 43.7 Å². The van der Waals surface area contributed by atoms with Crippen LogP contribution in [0.15, 0.2) is 41.4 Å². The topological polar surface area (TPSA) is 106 Å². The first kappa shape index (κ1) is 23.8. The summed E-state index contributed by atoms with van der Waals surface area (Å²) >= 11 is 5.75. The largest absolute Gasteiger partial charge is 0.449 e. The Bertz CT molecular complexity index is 1020. The number of pyridine rings is 1. The molecule has 0 radical (unpaired) electrons. The average Bonchev–Trinajstić information content (AvgIpc) is 2.70. The summed E-state index contributed by atoms with van der Waals surface area (Å²) in [6.07, 6.45) is 0.247. The molecule has 1 atom stereocenters. The van der Waals surface area contributed by atoms with Crippen molar-refractivity contribution in [3.63, 3.8) is 0 Å². The Morgan fingerprint density at radius 2 is 1.87 bits per heavy atom. The molecule has 10 heteroatoms. The number of carbonyl (C=O) groups excluding carboxylic acids is 2. The summed E-state index contributed by atoms with van der Waals surface area (Å²) in [5, 5.41) is 2.93. The molecule has 1 amide bonds. The third-order valence-corrected chi connectivity index (χ3v) is 6.79. The van der Waals surface area contributed by atoms with E-state index in [1.54, 1.807) is 26.8 Å². The van der Waals surface area contributed by atoms with Crippen molar-refractivity contribution in [3.8, 4) is 0 Å². The summed E-state index contributed by atoms with van der Waals surface area (Å²) in [5.41, 5.74) is 0.550. The zero-order chi connectivity index (χ0) is 22.5. The van der Waals surface area contributed by atoms with E-state index in [9.17, 15) is 18.0 Å². The number of sulfonamides is 1. The highest BCUT2D eigenvalue weighted by molar-refractivity contribution is 7.89. The lowest BCUT2D eigenvalue weighted by atomic mass is 10.1. The number of amides is 1.